The summed E-state index contributed by atoms with van der Waals surface area (Å²) in [5.74, 6) is 0.584. The number of ether oxygens (including phenoxy) is 1. The van der Waals surface area contributed by atoms with Crippen LogP contribution >= 0.6 is 12.2 Å². The molecule has 2 rings (SSSR count). The van der Waals surface area contributed by atoms with E-state index in [0.29, 0.717) is 22.7 Å². The topological polar surface area (TPSA) is 73.1 Å². The average molecular weight is 294 g/mol. The highest BCUT2D eigenvalue weighted by molar-refractivity contribution is 7.80. The van der Waals surface area contributed by atoms with Crippen LogP contribution in [-0.2, 0) is 4.74 Å². The Morgan fingerprint density at radius 1 is 1.55 bits per heavy atom. The van der Waals surface area contributed by atoms with Gasteiger partial charge in [-0.15, -0.1) is 0 Å². The zero-order chi connectivity index (χ0) is 14.9. The fourth-order valence-corrected chi connectivity index (χ4v) is 2.63. The molecule has 6 heteroatoms. The van der Waals surface area contributed by atoms with Gasteiger partial charge in [-0.1, -0.05) is 26.1 Å². The number of thiocarbonyl (C=S) groups is 1. The molecule has 0 amide bonds. The maximum Gasteiger partial charge on any atom is 0.223 e. The van der Waals surface area contributed by atoms with Crippen LogP contribution < -0.4 is 11.1 Å². The van der Waals surface area contributed by atoms with Gasteiger partial charge in [0.1, 0.15) is 10.7 Å². The van der Waals surface area contributed by atoms with Crippen molar-refractivity contribution < 1.29 is 4.74 Å². The Balaban J connectivity index is 2.10. The first-order chi connectivity index (χ1) is 9.34. The van der Waals surface area contributed by atoms with Crippen molar-refractivity contribution in [2.75, 3.05) is 11.9 Å². The molecule has 1 aliphatic rings. The molecule has 1 aliphatic carbocycles. The van der Waals surface area contributed by atoms with E-state index in [1.54, 1.807) is 6.07 Å². The molecule has 0 spiro atoms. The van der Waals surface area contributed by atoms with E-state index in [4.69, 9.17) is 22.7 Å². The molecule has 1 aromatic heterocycles. The van der Waals surface area contributed by atoms with Crippen LogP contribution in [0.1, 0.15) is 38.6 Å². The van der Waals surface area contributed by atoms with Gasteiger partial charge in [-0.25, -0.2) is 9.97 Å². The second-order valence-corrected chi connectivity index (χ2v) is 6.22. The first kappa shape index (κ1) is 15.1. The Hall–Kier alpha value is -1.27. The van der Waals surface area contributed by atoms with Gasteiger partial charge in [-0.05, 0) is 26.3 Å². The zero-order valence-electron chi connectivity index (χ0n) is 12.4. The Morgan fingerprint density at radius 3 is 2.80 bits per heavy atom. The molecule has 1 fully saturated rings. The Morgan fingerprint density at radius 2 is 2.25 bits per heavy atom. The van der Waals surface area contributed by atoms with E-state index in [0.717, 1.165) is 18.7 Å². The van der Waals surface area contributed by atoms with E-state index in [1.165, 1.54) is 0 Å². The van der Waals surface area contributed by atoms with Crippen LogP contribution in [0.2, 0.25) is 0 Å². The number of nitrogens with two attached hydrogens (primary N) is 1. The largest absolute Gasteiger partial charge is 0.388 e. The van der Waals surface area contributed by atoms with Crippen molar-refractivity contribution in [1.29, 1.82) is 0 Å². The molecule has 2 unspecified atom stereocenters. The lowest BCUT2D eigenvalue weighted by molar-refractivity contribution is -0.0977. The van der Waals surface area contributed by atoms with Gasteiger partial charge < -0.3 is 15.8 Å². The fourth-order valence-electron chi connectivity index (χ4n) is 2.53. The summed E-state index contributed by atoms with van der Waals surface area (Å²) >= 11 is 4.98. The maximum atomic E-state index is 5.73. The second-order valence-electron chi connectivity index (χ2n) is 5.78. The number of hydrogen-bond donors (Lipinski definition) is 2. The first-order valence-corrected chi connectivity index (χ1v) is 7.29. The summed E-state index contributed by atoms with van der Waals surface area (Å²) in [6.07, 6.45) is 1.24. The molecule has 1 heterocycles. The highest BCUT2D eigenvalue weighted by Gasteiger charge is 2.49. The van der Waals surface area contributed by atoms with Gasteiger partial charge in [0, 0.05) is 23.8 Å². The molecule has 0 aliphatic heterocycles. The van der Waals surface area contributed by atoms with Crippen molar-refractivity contribution in [2.45, 2.75) is 46.3 Å². The number of rotatable bonds is 5. The molecular weight excluding hydrogens is 272 g/mol. The number of anilines is 1. The minimum Gasteiger partial charge on any atom is -0.388 e. The lowest BCUT2D eigenvalue weighted by Crippen LogP contribution is -2.58. The Labute approximate surface area is 125 Å². The van der Waals surface area contributed by atoms with Crippen molar-refractivity contribution in [3.8, 4) is 0 Å². The highest BCUT2D eigenvalue weighted by atomic mass is 32.1. The van der Waals surface area contributed by atoms with E-state index in [9.17, 15) is 0 Å². The molecule has 110 valence electrons. The van der Waals surface area contributed by atoms with Crippen LogP contribution in [0.3, 0.4) is 0 Å². The van der Waals surface area contributed by atoms with Crippen molar-refractivity contribution in [3.63, 3.8) is 0 Å². The molecule has 20 heavy (non-hydrogen) atoms. The van der Waals surface area contributed by atoms with Gasteiger partial charge in [0.2, 0.25) is 5.95 Å². The van der Waals surface area contributed by atoms with E-state index in [1.807, 2.05) is 13.8 Å². The van der Waals surface area contributed by atoms with Crippen LogP contribution in [0.15, 0.2) is 6.07 Å². The van der Waals surface area contributed by atoms with Crippen molar-refractivity contribution in [1.82, 2.24) is 9.97 Å². The summed E-state index contributed by atoms with van der Waals surface area (Å²) < 4.78 is 5.73. The van der Waals surface area contributed by atoms with Crippen molar-refractivity contribution >= 4 is 23.2 Å². The molecule has 0 radical (unpaired) electrons. The molecule has 2 atom stereocenters. The lowest BCUT2D eigenvalue weighted by Gasteiger charge is -2.51. The van der Waals surface area contributed by atoms with Crippen LogP contribution in [-0.4, -0.2) is 33.7 Å². The minimum absolute atomic E-state index is 0.0620. The standard InChI is InChI=1S/C14H22N4OS/c1-5-19-11-7-10(14(11,3)4)18-13-16-8(2)6-9(17-13)12(15)20/h6,10-11H,5,7H2,1-4H3,(H2,15,20)(H,16,17,18). The fraction of sp³-hybridized carbons (Fsp3) is 0.643. The number of nitrogens with one attached hydrogen (secondary N) is 1. The van der Waals surface area contributed by atoms with Crippen LogP contribution in [0.5, 0.6) is 0 Å². The SMILES string of the molecule is CCOC1CC(Nc2nc(C)cc(C(N)=S)n2)C1(C)C. The summed E-state index contributed by atoms with van der Waals surface area (Å²) in [6, 6.07) is 2.09. The predicted octanol–water partition coefficient (Wildman–Crippen LogP) is 2.03. The number of aryl methyl sites for hydroxylation is 1. The maximum absolute atomic E-state index is 5.73. The summed E-state index contributed by atoms with van der Waals surface area (Å²) in [4.78, 5) is 9.05. The quantitative estimate of drug-likeness (QED) is 0.810. The highest BCUT2D eigenvalue weighted by Crippen LogP contribution is 2.44. The van der Waals surface area contributed by atoms with Crippen molar-refractivity contribution in [3.05, 3.63) is 17.5 Å². The molecule has 0 saturated heterocycles. The third kappa shape index (κ3) is 2.91. The van der Waals surface area contributed by atoms with Gasteiger partial charge in [-0.3, -0.25) is 0 Å². The van der Waals surface area contributed by atoms with E-state index in [2.05, 4.69) is 29.1 Å². The first-order valence-electron chi connectivity index (χ1n) is 6.88. The summed E-state index contributed by atoms with van der Waals surface area (Å²) in [5.41, 5.74) is 7.15. The van der Waals surface area contributed by atoms with Gasteiger partial charge in [0.15, 0.2) is 0 Å². The van der Waals surface area contributed by atoms with Gasteiger partial charge in [-0.2, -0.15) is 0 Å². The molecule has 1 aromatic rings. The van der Waals surface area contributed by atoms with Crippen molar-refractivity contribution in [2.24, 2.45) is 11.1 Å². The third-order valence-corrected chi connectivity index (χ3v) is 4.16. The number of hydrogen-bond acceptors (Lipinski definition) is 5. The molecule has 5 nitrogen and oxygen atoms in total. The predicted molar refractivity (Wildman–Crippen MR) is 83.9 cm³/mol. The number of nitrogens with zero attached hydrogens (tertiary/aromatic N) is 2. The van der Waals surface area contributed by atoms with E-state index >= 15 is 0 Å². The van der Waals surface area contributed by atoms with Crippen LogP contribution in [0, 0.1) is 12.3 Å². The normalized spacial score (nSPS) is 24.0. The molecule has 0 aromatic carbocycles. The molecule has 0 bridgehead atoms. The summed E-state index contributed by atoms with van der Waals surface area (Å²) in [7, 11) is 0. The molecule has 3 N–H and O–H groups in total. The monoisotopic (exact) mass is 294 g/mol. The zero-order valence-corrected chi connectivity index (χ0v) is 13.3. The summed E-state index contributed by atoms with van der Waals surface area (Å²) in [6.45, 7) is 9.06. The van der Waals surface area contributed by atoms with Crippen LogP contribution in [0.25, 0.3) is 0 Å². The smallest absolute Gasteiger partial charge is 0.223 e. The molecule has 1 saturated carbocycles. The third-order valence-electron chi connectivity index (χ3n) is 3.96. The number of aromatic nitrogens is 2. The summed E-state index contributed by atoms with van der Waals surface area (Å²) in [5, 5.41) is 3.38. The Bertz CT molecular complexity index is 518. The van der Waals surface area contributed by atoms with Crippen LogP contribution in [0.4, 0.5) is 5.95 Å². The van der Waals surface area contributed by atoms with E-state index < -0.39 is 0 Å². The second kappa shape index (κ2) is 5.61. The van der Waals surface area contributed by atoms with Gasteiger partial charge in [0.25, 0.3) is 0 Å². The Kier molecular flexibility index (Phi) is 4.25. The molecular formula is C14H22N4OS. The minimum atomic E-state index is 0.0620. The van der Waals surface area contributed by atoms with Gasteiger partial charge >= 0.3 is 0 Å². The average Bonchev–Trinajstić information content (AvgIpc) is 2.37. The van der Waals surface area contributed by atoms with Gasteiger partial charge in [0.05, 0.1) is 6.10 Å². The van der Waals surface area contributed by atoms with E-state index in [-0.39, 0.29) is 11.5 Å². The lowest BCUT2D eigenvalue weighted by atomic mass is 9.64.